The first kappa shape index (κ1) is 12.9. The van der Waals surface area contributed by atoms with E-state index >= 15 is 0 Å². The molecule has 1 aliphatic rings. The lowest BCUT2D eigenvalue weighted by Crippen LogP contribution is -2.02. The Bertz CT molecular complexity index is 669. The maximum absolute atomic E-state index is 11.7. The van der Waals surface area contributed by atoms with Gasteiger partial charge in [-0.3, -0.25) is 4.79 Å². The van der Waals surface area contributed by atoms with Crippen LogP contribution < -0.4 is 4.74 Å². The maximum Gasteiger partial charge on any atom is 0.163 e. The maximum atomic E-state index is 11.7. The minimum absolute atomic E-state index is 0.00521. The van der Waals surface area contributed by atoms with Crippen LogP contribution >= 0.6 is 0 Å². The molecule has 4 heteroatoms. The molecule has 3 rings (SSSR count). The number of nitrogens with zero attached hydrogens (tertiary/aromatic N) is 2. The highest BCUT2D eigenvalue weighted by Crippen LogP contribution is 2.39. The number of aryl methyl sites for hydroxylation is 1. The Morgan fingerprint density at radius 1 is 1.40 bits per heavy atom. The van der Waals surface area contributed by atoms with Crippen molar-refractivity contribution < 1.29 is 9.53 Å². The molecular formula is C16H18N2O2. The summed E-state index contributed by atoms with van der Waals surface area (Å²) in [5.74, 6) is 1.26. The van der Waals surface area contributed by atoms with E-state index < -0.39 is 0 Å². The number of rotatable bonds is 4. The fourth-order valence-electron chi connectivity index (χ4n) is 2.45. The number of methoxy groups -OCH3 is 1. The Hall–Kier alpha value is -2.10. The van der Waals surface area contributed by atoms with Crippen LogP contribution in [0.5, 0.6) is 5.75 Å². The van der Waals surface area contributed by atoms with Gasteiger partial charge in [0.05, 0.1) is 30.4 Å². The molecule has 4 nitrogen and oxygen atoms in total. The molecule has 0 amide bonds. The zero-order valence-corrected chi connectivity index (χ0v) is 12.0. The third-order valence-corrected chi connectivity index (χ3v) is 3.77. The van der Waals surface area contributed by atoms with E-state index in [1.165, 1.54) is 12.8 Å². The fourth-order valence-corrected chi connectivity index (χ4v) is 2.45. The van der Waals surface area contributed by atoms with Crippen LogP contribution in [0.25, 0.3) is 5.69 Å². The third kappa shape index (κ3) is 2.22. The van der Waals surface area contributed by atoms with Gasteiger partial charge < -0.3 is 9.30 Å². The van der Waals surface area contributed by atoms with E-state index in [4.69, 9.17) is 4.74 Å². The molecule has 20 heavy (non-hydrogen) atoms. The van der Waals surface area contributed by atoms with E-state index in [0.29, 0.717) is 17.2 Å². The van der Waals surface area contributed by atoms with E-state index in [9.17, 15) is 4.79 Å². The highest BCUT2D eigenvalue weighted by molar-refractivity contribution is 5.97. The predicted molar refractivity (Wildman–Crippen MR) is 76.8 cm³/mol. The molecule has 0 unspecified atom stereocenters. The van der Waals surface area contributed by atoms with Gasteiger partial charge in [-0.1, -0.05) is 0 Å². The number of carbonyl (C=O) groups is 1. The molecule has 1 aliphatic carbocycles. The van der Waals surface area contributed by atoms with Gasteiger partial charge in [0.15, 0.2) is 5.78 Å². The van der Waals surface area contributed by atoms with Gasteiger partial charge in [-0.25, -0.2) is 4.98 Å². The molecule has 2 aromatic rings. The lowest BCUT2D eigenvalue weighted by Gasteiger charge is -2.12. The number of aromatic nitrogens is 2. The minimum Gasteiger partial charge on any atom is -0.496 e. The Morgan fingerprint density at radius 2 is 2.15 bits per heavy atom. The van der Waals surface area contributed by atoms with E-state index in [1.807, 2.05) is 30.0 Å². The predicted octanol–water partition coefficient (Wildman–Crippen LogP) is 3.27. The number of Topliss-reactive ketones (excluding diaryl/α,β-unsaturated/α-hetero) is 1. The molecule has 104 valence electrons. The summed E-state index contributed by atoms with van der Waals surface area (Å²) in [5.41, 5.74) is 3.79. The van der Waals surface area contributed by atoms with Gasteiger partial charge in [-0.15, -0.1) is 0 Å². The Morgan fingerprint density at radius 3 is 2.75 bits per heavy atom. The molecule has 0 N–H and O–H groups in total. The van der Waals surface area contributed by atoms with Crippen LogP contribution in [0.4, 0.5) is 0 Å². The monoisotopic (exact) mass is 270 g/mol. The lowest BCUT2D eigenvalue weighted by atomic mass is 10.1. The molecule has 1 aromatic carbocycles. The van der Waals surface area contributed by atoms with Crippen molar-refractivity contribution in [1.29, 1.82) is 0 Å². The first-order chi connectivity index (χ1) is 9.60. The van der Waals surface area contributed by atoms with Crippen molar-refractivity contribution in [2.45, 2.75) is 32.6 Å². The van der Waals surface area contributed by atoms with Crippen LogP contribution in [0.2, 0.25) is 0 Å². The average molecular weight is 270 g/mol. The van der Waals surface area contributed by atoms with Crippen LogP contribution in [0.3, 0.4) is 0 Å². The third-order valence-electron chi connectivity index (χ3n) is 3.77. The molecular weight excluding hydrogens is 252 g/mol. The Balaban J connectivity index is 2.07. The molecule has 0 spiro atoms. The highest BCUT2D eigenvalue weighted by atomic mass is 16.5. The van der Waals surface area contributed by atoms with Crippen LogP contribution in [0.15, 0.2) is 24.7 Å². The number of imidazole rings is 1. The summed E-state index contributed by atoms with van der Waals surface area (Å²) in [7, 11) is 1.59. The molecule has 1 heterocycles. The number of ketones is 1. The van der Waals surface area contributed by atoms with Gasteiger partial charge >= 0.3 is 0 Å². The standard InChI is InChI=1S/C16H18N2O2/c1-10-6-16(20-3)13(11(2)19)7-15(10)18-8-14(17-9-18)12-4-5-12/h6-9,12H,4-5H2,1-3H3. The molecule has 0 saturated heterocycles. The van der Waals surface area contributed by atoms with Gasteiger partial charge in [-0.2, -0.15) is 0 Å². The quantitative estimate of drug-likeness (QED) is 0.801. The summed E-state index contributed by atoms with van der Waals surface area (Å²) in [4.78, 5) is 16.2. The zero-order valence-electron chi connectivity index (χ0n) is 12.0. The van der Waals surface area contributed by atoms with Gasteiger partial charge in [0, 0.05) is 12.1 Å². The van der Waals surface area contributed by atoms with Gasteiger partial charge in [0.2, 0.25) is 0 Å². The van der Waals surface area contributed by atoms with Crippen LogP contribution in [0.1, 0.15) is 47.3 Å². The summed E-state index contributed by atoms with van der Waals surface area (Å²) in [6, 6.07) is 3.79. The molecule has 1 fully saturated rings. The van der Waals surface area contributed by atoms with Crippen LogP contribution in [-0.2, 0) is 0 Å². The second kappa shape index (κ2) is 4.78. The lowest BCUT2D eigenvalue weighted by molar-refractivity contribution is 0.101. The van der Waals surface area contributed by atoms with Crippen molar-refractivity contribution in [3.8, 4) is 11.4 Å². The summed E-state index contributed by atoms with van der Waals surface area (Å²) < 4.78 is 7.28. The highest BCUT2D eigenvalue weighted by Gasteiger charge is 2.26. The number of ether oxygens (including phenoxy) is 1. The molecule has 0 bridgehead atoms. The molecule has 0 atom stereocenters. The smallest absolute Gasteiger partial charge is 0.163 e. The SMILES string of the molecule is COc1cc(C)c(-n2cnc(C3CC3)c2)cc1C(C)=O. The van der Waals surface area contributed by atoms with Gasteiger partial charge in [-0.05, 0) is 44.4 Å². The van der Waals surface area contributed by atoms with Gasteiger partial charge in [0.25, 0.3) is 0 Å². The average Bonchev–Trinajstić information content (AvgIpc) is 3.16. The van der Waals surface area contributed by atoms with E-state index in [0.717, 1.165) is 16.9 Å². The van der Waals surface area contributed by atoms with Crippen molar-refractivity contribution in [3.05, 3.63) is 41.5 Å². The van der Waals surface area contributed by atoms with Crippen molar-refractivity contribution in [3.63, 3.8) is 0 Å². The molecule has 0 aliphatic heterocycles. The largest absolute Gasteiger partial charge is 0.496 e. The summed E-state index contributed by atoms with van der Waals surface area (Å²) in [6.07, 6.45) is 6.36. The number of hydrogen-bond acceptors (Lipinski definition) is 3. The van der Waals surface area contributed by atoms with Crippen LogP contribution in [-0.4, -0.2) is 22.4 Å². The number of benzene rings is 1. The minimum atomic E-state index is 0.00521. The first-order valence-corrected chi connectivity index (χ1v) is 6.84. The number of hydrogen-bond donors (Lipinski definition) is 0. The second-order valence-corrected chi connectivity index (χ2v) is 5.38. The summed E-state index contributed by atoms with van der Waals surface area (Å²) in [6.45, 7) is 3.57. The van der Waals surface area contributed by atoms with E-state index in [1.54, 1.807) is 14.0 Å². The summed E-state index contributed by atoms with van der Waals surface area (Å²) >= 11 is 0. The van der Waals surface area contributed by atoms with Crippen LogP contribution in [0, 0.1) is 6.92 Å². The molecule has 1 aromatic heterocycles. The van der Waals surface area contributed by atoms with E-state index in [2.05, 4.69) is 11.2 Å². The Labute approximate surface area is 118 Å². The first-order valence-electron chi connectivity index (χ1n) is 6.84. The zero-order chi connectivity index (χ0) is 14.3. The summed E-state index contributed by atoms with van der Waals surface area (Å²) in [5, 5.41) is 0. The molecule has 1 saturated carbocycles. The van der Waals surface area contributed by atoms with Crippen molar-refractivity contribution in [2.75, 3.05) is 7.11 Å². The topological polar surface area (TPSA) is 44.1 Å². The van der Waals surface area contributed by atoms with Gasteiger partial charge in [0.1, 0.15) is 5.75 Å². The van der Waals surface area contributed by atoms with Crippen molar-refractivity contribution >= 4 is 5.78 Å². The number of carbonyl (C=O) groups excluding carboxylic acids is 1. The fraction of sp³-hybridized carbons (Fsp3) is 0.375. The Kier molecular flexibility index (Phi) is 3.08. The van der Waals surface area contributed by atoms with Crippen molar-refractivity contribution in [1.82, 2.24) is 9.55 Å². The molecule has 0 radical (unpaired) electrons. The van der Waals surface area contributed by atoms with E-state index in [-0.39, 0.29) is 5.78 Å². The van der Waals surface area contributed by atoms with Crippen molar-refractivity contribution in [2.24, 2.45) is 0 Å². The second-order valence-electron chi connectivity index (χ2n) is 5.38. The normalized spacial score (nSPS) is 14.3.